The Morgan fingerprint density at radius 1 is 0.926 bits per heavy atom. The minimum Gasteiger partial charge on any atom is -0.481 e. The molecule has 142 valence electrons. The smallest absolute Gasteiger partial charge is 0.314 e. The Balaban J connectivity index is 2.04. The highest BCUT2D eigenvalue weighted by molar-refractivity contribution is 5.97. The zero-order valence-electron chi connectivity index (χ0n) is 15.2. The van der Waals surface area contributed by atoms with E-state index in [1.807, 2.05) is 0 Å². The van der Waals surface area contributed by atoms with Crippen LogP contribution in [-0.4, -0.2) is 36.6 Å². The van der Waals surface area contributed by atoms with Gasteiger partial charge in [0, 0.05) is 24.9 Å². The molecule has 27 heavy (non-hydrogen) atoms. The molecule has 0 spiro atoms. The van der Waals surface area contributed by atoms with E-state index >= 15 is 0 Å². The van der Waals surface area contributed by atoms with E-state index in [9.17, 15) is 19.5 Å². The van der Waals surface area contributed by atoms with Crippen LogP contribution in [0.5, 0.6) is 0 Å². The summed E-state index contributed by atoms with van der Waals surface area (Å²) in [7, 11) is 1.43. The van der Waals surface area contributed by atoms with Crippen molar-refractivity contribution in [3.05, 3.63) is 60.2 Å². The molecule has 0 saturated heterocycles. The number of amides is 2. The number of carboxylic acid groups (broad SMARTS) is 1. The molecule has 3 N–H and O–H groups in total. The van der Waals surface area contributed by atoms with Gasteiger partial charge in [-0.15, -0.1) is 0 Å². The lowest BCUT2D eigenvalue weighted by atomic mass is 9.79. The summed E-state index contributed by atoms with van der Waals surface area (Å²) in [6.07, 6.45) is -0.210. The summed E-state index contributed by atoms with van der Waals surface area (Å²) in [5.41, 5.74) is 0.295. The highest BCUT2D eigenvalue weighted by Gasteiger charge is 2.37. The monoisotopic (exact) mass is 370 g/mol. The van der Waals surface area contributed by atoms with Crippen LogP contribution in [0.15, 0.2) is 54.6 Å². The molecule has 2 rings (SSSR count). The number of hydrogen-bond acceptors (Lipinski definition) is 4. The second-order valence-corrected chi connectivity index (χ2v) is 6.29. The molecular formula is C20H22N2O5. The normalized spacial score (nSPS) is 12.7. The van der Waals surface area contributed by atoms with Crippen LogP contribution >= 0.6 is 0 Å². The summed E-state index contributed by atoms with van der Waals surface area (Å²) in [6, 6.07) is 15.2. The number of hydrogen-bond donors (Lipinski definition) is 3. The van der Waals surface area contributed by atoms with Crippen molar-refractivity contribution in [1.29, 1.82) is 0 Å². The number of aliphatic carboxylic acids is 1. The number of carbonyl (C=O) groups excluding carboxylic acids is 2. The Morgan fingerprint density at radius 3 is 1.93 bits per heavy atom. The number of carboxylic acids is 1. The predicted octanol–water partition coefficient (Wildman–Crippen LogP) is 2.64. The zero-order valence-corrected chi connectivity index (χ0v) is 15.2. The molecule has 0 aliphatic heterocycles. The van der Waals surface area contributed by atoms with Gasteiger partial charge in [-0.05, 0) is 36.8 Å². The SMILES string of the molecule is COCC(=O)Nc1ccc(NC(=O)C[C@@](C)(C(=O)O)c2ccccc2)cc1. The van der Waals surface area contributed by atoms with Crippen LogP contribution in [0.25, 0.3) is 0 Å². The minimum atomic E-state index is -1.33. The fraction of sp³-hybridized carbons (Fsp3) is 0.250. The summed E-state index contributed by atoms with van der Waals surface area (Å²) >= 11 is 0. The number of ether oxygens (including phenoxy) is 1. The van der Waals surface area contributed by atoms with Gasteiger partial charge in [-0.25, -0.2) is 0 Å². The topological polar surface area (TPSA) is 105 Å². The summed E-state index contributed by atoms with van der Waals surface area (Å²) in [5.74, 6) is -1.77. The highest BCUT2D eigenvalue weighted by atomic mass is 16.5. The van der Waals surface area contributed by atoms with Gasteiger partial charge in [0.05, 0.1) is 5.41 Å². The van der Waals surface area contributed by atoms with Crippen LogP contribution in [0, 0.1) is 0 Å². The highest BCUT2D eigenvalue weighted by Crippen LogP contribution is 2.28. The molecule has 1 atom stereocenters. The van der Waals surface area contributed by atoms with Crippen molar-refractivity contribution in [3.8, 4) is 0 Å². The average molecular weight is 370 g/mol. The van der Waals surface area contributed by atoms with Crippen molar-refractivity contribution in [2.45, 2.75) is 18.8 Å². The molecule has 2 amide bonds. The van der Waals surface area contributed by atoms with E-state index in [1.54, 1.807) is 54.6 Å². The van der Waals surface area contributed by atoms with Gasteiger partial charge >= 0.3 is 5.97 Å². The van der Waals surface area contributed by atoms with Crippen LogP contribution in [-0.2, 0) is 24.5 Å². The van der Waals surface area contributed by atoms with Crippen molar-refractivity contribution < 1.29 is 24.2 Å². The van der Waals surface area contributed by atoms with Crippen LogP contribution in [0.3, 0.4) is 0 Å². The van der Waals surface area contributed by atoms with Crippen molar-refractivity contribution in [2.24, 2.45) is 0 Å². The van der Waals surface area contributed by atoms with Gasteiger partial charge in [-0.3, -0.25) is 14.4 Å². The molecule has 0 aliphatic carbocycles. The van der Waals surface area contributed by atoms with Crippen LogP contribution in [0.2, 0.25) is 0 Å². The van der Waals surface area contributed by atoms with Crippen molar-refractivity contribution in [1.82, 2.24) is 0 Å². The largest absolute Gasteiger partial charge is 0.481 e. The van der Waals surface area contributed by atoms with E-state index in [0.717, 1.165) is 0 Å². The quantitative estimate of drug-likeness (QED) is 0.663. The Kier molecular flexibility index (Phi) is 6.67. The Labute approximate surface area is 157 Å². The summed E-state index contributed by atoms with van der Waals surface area (Å²) in [4.78, 5) is 35.6. The first-order valence-electron chi connectivity index (χ1n) is 8.33. The van der Waals surface area contributed by atoms with E-state index < -0.39 is 17.3 Å². The maximum absolute atomic E-state index is 12.4. The third-order valence-corrected chi connectivity index (χ3v) is 4.12. The maximum atomic E-state index is 12.4. The second-order valence-electron chi connectivity index (χ2n) is 6.29. The first-order valence-corrected chi connectivity index (χ1v) is 8.33. The molecular weight excluding hydrogens is 348 g/mol. The van der Waals surface area contributed by atoms with Gasteiger partial charge < -0.3 is 20.5 Å². The average Bonchev–Trinajstić information content (AvgIpc) is 2.64. The minimum absolute atomic E-state index is 0.0499. The molecule has 0 bridgehead atoms. The molecule has 0 aliphatic rings. The van der Waals surface area contributed by atoms with E-state index in [4.69, 9.17) is 4.74 Å². The molecule has 7 nitrogen and oxygen atoms in total. The molecule has 0 saturated carbocycles. The van der Waals surface area contributed by atoms with Gasteiger partial charge in [0.25, 0.3) is 0 Å². The second kappa shape index (κ2) is 8.95. The number of benzene rings is 2. The van der Waals surface area contributed by atoms with Gasteiger partial charge in [0.15, 0.2) is 0 Å². The van der Waals surface area contributed by atoms with Gasteiger partial charge in [-0.2, -0.15) is 0 Å². The van der Waals surface area contributed by atoms with Crippen LogP contribution < -0.4 is 10.6 Å². The number of rotatable bonds is 8. The van der Waals surface area contributed by atoms with Crippen LogP contribution in [0.1, 0.15) is 18.9 Å². The van der Waals surface area contributed by atoms with Gasteiger partial charge in [-0.1, -0.05) is 30.3 Å². The molecule has 0 fully saturated rings. The Morgan fingerprint density at radius 2 is 1.44 bits per heavy atom. The maximum Gasteiger partial charge on any atom is 0.314 e. The van der Waals surface area contributed by atoms with Gasteiger partial charge in [0.1, 0.15) is 6.61 Å². The van der Waals surface area contributed by atoms with Crippen LogP contribution in [0.4, 0.5) is 11.4 Å². The predicted molar refractivity (Wildman–Crippen MR) is 102 cm³/mol. The van der Waals surface area contributed by atoms with E-state index in [0.29, 0.717) is 16.9 Å². The van der Waals surface area contributed by atoms with Crippen molar-refractivity contribution >= 4 is 29.2 Å². The fourth-order valence-corrected chi connectivity index (χ4v) is 2.60. The Hall–Kier alpha value is -3.19. The fourth-order valence-electron chi connectivity index (χ4n) is 2.60. The molecule has 0 aromatic heterocycles. The molecule has 0 radical (unpaired) electrons. The van der Waals surface area contributed by atoms with E-state index in [-0.39, 0.29) is 18.9 Å². The molecule has 2 aromatic rings. The number of methoxy groups -OCH3 is 1. The molecule has 2 aromatic carbocycles. The van der Waals surface area contributed by atoms with Gasteiger partial charge in [0.2, 0.25) is 11.8 Å². The first-order chi connectivity index (χ1) is 12.8. The van der Waals surface area contributed by atoms with E-state index in [1.165, 1.54) is 14.0 Å². The summed E-state index contributed by atoms with van der Waals surface area (Å²) < 4.78 is 4.74. The number of nitrogens with one attached hydrogen (secondary N) is 2. The molecule has 0 heterocycles. The molecule has 7 heteroatoms. The first kappa shape index (κ1) is 20.1. The third kappa shape index (κ3) is 5.39. The lowest BCUT2D eigenvalue weighted by Gasteiger charge is -2.24. The van der Waals surface area contributed by atoms with Crippen molar-refractivity contribution in [2.75, 3.05) is 24.4 Å². The van der Waals surface area contributed by atoms with Crippen molar-refractivity contribution in [3.63, 3.8) is 0 Å². The number of carbonyl (C=O) groups is 3. The third-order valence-electron chi connectivity index (χ3n) is 4.12. The lowest BCUT2D eigenvalue weighted by Crippen LogP contribution is -2.36. The molecule has 0 unspecified atom stereocenters. The standard InChI is InChI=1S/C20H22N2O5/c1-20(19(25)26,14-6-4-3-5-7-14)12-17(23)21-15-8-10-16(11-9-15)22-18(24)13-27-2/h3-11H,12-13H2,1-2H3,(H,21,23)(H,22,24)(H,25,26)/t20-/m1/s1. The summed E-state index contributed by atoms with van der Waals surface area (Å²) in [6.45, 7) is 1.48. The lowest BCUT2D eigenvalue weighted by molar-refractivity contribution is -0.145. The number of anilines is 2. The Bertz CT molecular complexity index is 805. The van der Waals surface area contributed by atoms with E-state index in [2.05, 4.69) is 10.6 Å². The summed E-state index contributed by atoms with van der Waals surface area (Å²) in [5, 5.41) is 15.0. The zero-order chi connectivity index (χ0) is 19.9.